The number of amides is 1. The van der Waals surface area contributed by atoms with Crippen molar-refractivity contribution in [1.82, 2.24) is 9.88 Å². The van der Waals surface area contributed by atoms with Crippen LogP contribution in [0.15, 0.2) is 24.4 Å². The SMILES string of the molecule is Cc1cc(C(=O)N2CCC(OCCO)CC2)c2nccc(C)c2c1. The molecule has 3 rings (SSSR count). The number of pyridine rings is 1. The highest BCUT2D eigenvalue weighted by Gasteiger charge is 2.25. The molecule has 0 atom stereocenters. The van der Waals surface area contributed by atoms with Crippen LogP contribution in [0.3, 0.4) is 0 Å². The van der Waals surface area contributed by atoms with E-state index in [1.54, 1.807) is 6.20 Å². The van der Waals surface area contributed by atoms with Crippen molar-refractivity contribution in [1.29, 1.82) is 0 Å². The molecule has 24 heavy (non-hydrogen) atoms. The Balaban J connectivity index is 1.81. The van der Waals surface area contributed by atoms with E-state index in [0.29, 0.717) is 25.3 Å². The first-order chi connectivity index (χ1) is 11.6. The van der Waals surface area contributed by atoms with Crippen LogP contribution < -0.4 is 0 Å². The number of piperidine rings is 1. The summed E-state index contributed by atoms with van der Waals surface area (Å²) in [5.74, 6) is 0.0439. The first-order valence-electron chi connectivity index (χ1n) is 8.48. The van der Waals surface area contributed by atoms with Gasteiger partial charge in [0.05, 0.1) is 30.4 Å². The first kappa shape index (κ1) is 16.9. The van der Waals surface area contributed by atoms with Gasteiger partial charge in [-0.1, -0.05) is 0 Å². The summed E-state index contributed by atoms with van der Waals surface area (Å²) in [7, 11) is 0. The van der Waals surface area contributed by atoms with Gasteiger partial charge in [-0.3, -0.25) is 9.78 Å². The molecule has 0 bridgehead atoms. The van der Waals surface area contributed by atoms with Crippen molar-refractivity contribution in [2.75, 3.05) is 26.3 Å². The highest BCUT2D eigenvalue weighted by molar-refractivity contribution is 6.06. The molecule has 5 heteroatoms. The second-order valence-corrected chi connectivity index (χ2v) is 6.42. The van der Waals surface area contributed by atoms with Gasteiger partial charge in [-0.2, -0.15) is 0 Å². The van der Waals surface area contributed by atoms with E-state index in [1.807, 2.05) is 30.9 Å². The molecule has 0 unspecified atom stereocenters. The number of hydrogen-bond acceptors (Lipinski definition) is 4. The molecule has 128 valence electrons. The van der Waals surface area contributed by atoms with Gasteiger partial charge in [-0.25, -0.2) is 0 Å². The van der Waals surface area contributed by atoms with E-state index in [9.17, 15) is 4.79 Å². The van der Waals surface area contributed by atoms with Crippen LogP contribution in [0.4, 0.5) is 0 Å². The van der Waals surface area contributed by atoms with Crippen LogP contribution in [0.1, 0.15) is 34.3 Å². The van der Waals surface area contributed by atoms with Crippen molar-refractivity contribution in [3.63, 3.8) is 0 Å². The van der Waals surface area contributed by atoms with E-state index in [4.69, 9.17) is 9.84 Å². The van der Waals surface area contributed by atoms with Crippen LogP contribution in [0.5, 0.6) is 0 Å². The van der Waals surface area contributed by atoms with Crippen LogP contribution in [0, 0.1) is 13.8 Å². The number of nitrogens with zero attached hydrogens (tertiary/aromatic N) is 2. The molecular formula is C19H24N2O3. The third kappa shape index (κ3) is 3.42. The van der Waals surface area contributed by atoms with E-state index in [0.717, 1.165) is 34.9 Å². The third-order valence-corrected chi connectivity index (χ3v) is 4.61. The van der Waals surface area contributed by atoms with Crippen LogP contribution in [-0.2, 0) is 4.74 Å². The van der Waals surface area contributed by atoms with Gasteiger partial charge >= 0.3 is 0 Å². The second kappa shape index (κ2) is 7.28. The number of aliphatic hydroxyl groups is 1. The third-order valence-electron chi connectivity index (χ3n) is 4.61. The maximum atomic E-state index is 13.0. The van der Waals surface area contributed by atoms with Gasteiger partial charge in [0.25, 0.3) is 5.91 Å². The van der Waals surface area contributed by atoms with Crippen molar-refractivity contribution < 1.29 is 14.6 Å². The molecule has 1 N–H and O–H groups in total. The second-order valence-electron chi connectivity index (χ2n) is 6.42. The summed E-state index contributed by atoms with van der Waals surface area (Å²) in [4.78, 5) is 19.3. The standard InChI is InChI=1S/C19H24N2O3/c1-13-11-16-14(2)3-6-20-18(16)17(12-13)19(23)21-7-4-15(5-8-21)24-10-9-22/h3,6,11-12,15,22H,4-5,7-10H2,1-2H3. The van der Waals surface area contributed by atoms with E-state index < -0.39 is 0 Å². The minimum Gasteiger partial charge on any atom is -0.394 e. The minimum absolute atomic E-state index is 0.0411. The highest BCUT2D eigenvalue weighted by atomic mass is 16.5. The van der Waals surface area contributed by atoms with Crippen molar-refractivity contribution in [3.05, 3.63) is 41.1 Å². The number of carbonyl (C=O) groups is 1. The number of likely N-dealkylation sites (tertiary alicyclic amines) is 1. The molecule has 0 aliphatic carbocycles. The zero-order chi connectivity index (χ0) is 17.1. The Labute approximate surface area is 142 Å². The molecule has 1 aliphatic rings. The van der Waals surface area contributed by atoms with E-state index >= 15 is 0 Å². The lowest BCUT2D eigenvalue weighted by atomic mass is 10.0. The Morgan fingerprint density at radius 3 is 2.79 bits per heavy atom. The molecule has 1 saturated heterocycles. The van der Waals surface area contributed by atoms with Crippen LogP contribution in [0.25, 0.3) is 10.9 Å². The zero-order valence-corrected chi connectivity index (χ0v) is 14.3. The molecule has 1 amide bonds. The van der Waals surface area contributed by atoms with Gasteiger partial charge < -0.3 is 14.7 Å². The average molecular weight is 328 g/mol. The van der Waals surface area contributed by atoms with Crippen LogP contribution >= 0.6 is 0 Å². The summed E-state index contributed by atoms with van der Waals surface area (Å²) in [5, 5.41) is 9.88. The van der Waals surface area contributed by atoms with Crippen molar-refractivity contribution in [2.45, 2.75) is 32.8 Å². The van der Waals surface area contributed by atoms with Gasteiger partial charge in [0.15, 0.2) is 0 Å². The molecule has 1 fully saturated rings. The van der Waals surface area contributed by atoms with Crippen molar-refractivity contribution in [3.8, 4) is 0 Å². The number of aliphatic hydroxyl groups excluding tert-OH is 1. The topological polar surface area (TPSA) is 62.7 Å². The summed E-state index contributed by atoms with van der Waals surface area (Å²) >= 11 is 0. The smallest absolute Gasteiger partial charge is 0.256 e. The van der Waals surface area contributed by atoms with Crippen LogP contribution in [0.2, 0.25) is 0 Å². The minimum atomic E-state index is 0.0411. The number of hydrogen-bond donors (Lipinski definition) is 1. The Bertz CT molecular complexity index is 737. The molecule has 2 heterocycles. The fourth-order valence-corrected chi connectivity index (χ4v) is 3.31. The predicted molar refractivity (Wildman–Crippen MR) is 93.2 cm³/mol. The van der Waals surface area contributed by atoms with Crippen molar-refractivity contribution >= 4 is 16.8 Å². The molecule has 1 aromatic heterocycles. The summed E-state index contributed by atoms with van der Waals surface area (Å²) in [6.45, 7) is 5.81. The normalized spacial score (nSPS) is 15.9. The highest BCUT2D eigenvalue weighted by Crippen LogP contribution is 2.24. The maximum absolute atomic E-state index is 13.0. The molecular weight excluding hydrogens is 304 g/mol. The van der Waals surface area contributed by atoms with E-state index in [-0.39, 0.29) is 18.6 Å². The number of benzene rings is 1. The monoisotopic (exact) mass is 328 g/mol. The van der Waals surface area contributed by atoms with Gasteiger partial charge in [-0.05, 0) is 56.0 Å². The quantitative estimate of drug-likeness (QED) is 0.936. The van der Waals surface area contributed by atoms with Gasteiger partial charge in [0.1, 0.15) is 0 Å². The predicted octanol–water partition coefficient (Wildman–Crippen LogP) is 2.47. The summed E-state index contributed by atoms with van der Waals surface area (Å²) in [6.07, 6.45) is 3.51. The Hall–Kier alpha value is -1.98. The number of aryl methyl sites for hydroxylation is 2. The zero-order valence-electron chi connectivity index (χ0n) is 14.3. The van der Waals surface area contributed by atoms with E-state index in [2.05, 4.69) is 11.1 Å². The largest absolute Gasteiger partial charge is 0.394 e. The number of carbonyl (C=O) groups excluding carboxylic acids is 1. The van der Waals surface area contributed by atoms with Gasteiger partial charge in [0.2, 0.25) is 0 Å². The number of aromatic nitrogens is 1. The molecule has 0 saturated carbocycles. The first-order valence-corrected chi connectivity index (χ1v) is 8.48. The average Bonchev–Trinajstić information content (AvgIpc) is 2.60. The molecule has 1 aliphatic heterocycles. The lowest BCUT2D eigenvalue weighted by Crippen LogP contribution is -2.41. The number of fused-ring (bicyclic) bond motifs is 1. The van der Waals surface area contributed by atoms with Gasteiger partial charge in [0, 0.05) is 24.7 Å². The van der Waals surface area contributed by atoms with E-state index in [1.165, 1.54) is 0 Å². The molecule has 0 spiro atoms. The fourth-order valence-electron chi connectivity index (χ4n) is 3.31. The lowest BCUT2D eigenvalue weighted by molar-refractivity contribution is -0.00551. The Morgan fingerprint density at radius 1 is 1.33 bits per heavy atom. The maximum Gasteiger partial charge on any atom is 0.256 e. The Morgan fingerprint density at radius 2 is 2.08 bits per heavy atom. The summed E-state index contributed by atoms with van der Waals surface area (Å²) < 4.78 is 5.57. The van der Waals surface area contributed by atoms with Crippen molar-refractivity contribution in [2.24, 2.45) is 0 Å². The van der Waals surface area contributed by atoms with Gasteiger partial charge in [-0.15, -0.1) is 0 Å². The molecule has 0 radical (unpaired) electrons. The summed E-state index contributed by atoms with van der Waals surface area (Å²) in [6, 6.07) is 5.99. The summed E-state index contributed by atoms with van der Waals surface area (Å²) in [5.41, 5.74) is 3.67. The number of ether oxygens (including phenoxy) is 1. The number of rotatable bonds is 4. The molecule has 5 nitrogen and oxygen atoms in total. The fraction of sp³-hybridized carbons (Fsp3) is 0.474. The lowest BCUT2D eigenvalue weighted by Gasteiger charge is -2.32. The molecule has 2 aromatic rings. The Kier molecular flexibility index (Phi) is 5.11. The molecule has 1 aromatic carbocycles. The van der Waals surface area contributed by atoms with Crippen LogP contribution in [-0.4, -0.2) is 53.3 Å².